The van der Waals surface area contributed by atoms with E-state index in [0.717, 1.165) is 33.3 Å². The predicted molar refractivity (Wildman–Crippen MR) is 112 cm³/mol. The number of hydrogen-bond acceptors (Lipinski definition) is 5. The second-order valence-electron chi connectivity index (χ2n) is 7.08. The van der Waals surface area contributed by atoms with Gasteiger partial charge in [0.05, 0.1) is 10.7 Å². The van der Waals surface area contributed by atoms with Crippen LogP contribution in [-0.4, -0.2) is 27.8 Å². The largest absolute Gasteiger partial charge is 0.325 e. The van der Waals surface area contributed by atoms with Crippen LogP contribution >= 0.6 is 11.6 Å². The van der Waals surface area contributed by atoms with E-state index in [1.807, 2.05) is 39.8 Å². The zero-order valence-electron chi connectivity index (χ0n) is 16.4. The number of allylic oxidation sites excluding steroid dienone is 1. The minimum Gasteiger partial charge on any atom is -0.325 e. The van der Waals surface area contributed by atoms with Crippen molar-refractivity contribution in [3.05, 3.63) is 45.8 Å². The number of amidine groups is 1. The summed E-state index contributed by atoms with van der Waals surface area (Å²) in [6.07, 6.45) is 6.11. The van der Waals surface area contributed by atoms with Crippen molar-refractivity contribution in [3.63, 3.8) is 0 Å². The standard InChI is InChI=1S/C20H25ClN6/c1-11(2)8-16(22-5)25-19-12(3)10-23-20(27-19)26-17-9-15(14-6-7-14)18(21)13(4)24-17/h8-10,14H,6-7H2,1-5H3,(H2,22,23,24,25,26,27). The average molecular weight is 385 g/mol. The molecule has 0 spiro atoms. The van der Waals surface area contributed by atoms with Crippen molar-refractivity contribution >= 4 is 35.0 Å². The number of nitrogens with zero attached hydrogens (tertiary/aromatic N) is 4. The third-order valence-electron chi connectivity index (χ3n) is 4.29. The number of pyridine rings is 1. The molecule has 2 aromatic rings. The minimum absolute atomic E-state index is 0.478. The Morgan fingerprint density at radius 3 is 2.63 bits per heavy atom. The van der Waals surface area contributed by atoms with Crippen LogP contribution in [0.5, 0.6) is 0 Å². The monoisotopic (exact) mass is 384 g/mol. The number of aromatic nitrogens is 3. The molecular formula is C20H25ClN6. The van der Waals surface area contributed by atoms with Gasteiger partial charge in [-0.25, -0.2) is 9.97 Å². The second kappa shape index (κ2) is 8.05. The van der Waals surface area contributed by atoms with E-state index in [0.29, 0.717) is 23.5 Å². The first kappa shape index (κ1) is 19.3. The Bertz CT molecular complexity index is 911. The Kier molecular flexibility index (Phi) is 5.75. The summed E-state index contributed by atoms with van der Waals surface area (Å²) in [5, 5.41) is 7.23. The molecule has 1 aliphatic rings. The Morgan fingerprint density at radius 2 is 2.00 bits per heavy atom. The first-order valence-electron chi connectivity index (χ1n) is 9.03. The topological polar surface area (TPSA) is 75.1 Å². The van der Waals surface area contributed by atoms with Crippen molar-refractivity contribution < 1.29 is 0 Å². The maximum Gasteiger partial charge on any atom is 0.230 e. The first-order chi connectivity index (χ1) is 12.9. The van der Waals surface area contributed by atoms with Gasteiger partial charge in [0.2, 0.25) is 5.95 Å². The fraction of sp³-hybridized carbons (Fsp3) is 0.400. The minimum atomic E-state index is 0.478. The summed E-state index contributed by atoms with van der Waals surface area (Å²) >= 11 is 6.41. The van der Waals surface area contributed by atoms with Gasteiger partial charge in [-0.3, -0.25) is 4.99 Å². The lowest BCUT2D eigenvalue weighted by Crippen LogP contribution is -2.13. The van der Waals surface area contributed by atoms with Gasteiger partial charge in [0.15, 0.2) is 0 Å². The van der Waals surface area contributed by atoms with Gasteiger partial charge in [-0.2, -0.15) is 4.98 Å². The molecule has 6 nitrogen and oxygen atoms in total. The Morgan fingerprint density at radius 1 is 1.26 bits per heavy atom. The van der Waals surface area contributed by atoms with E-state index in [1.54, 1.807) is 13.2 Å². The van der Waals surface area contributed by atoms with E-state index in [1.165, 1.54) is 12.8 Å². The average Bonchev–Trinajstić information content (AvgIpc) is 3.44. The van der Waals surface area contributed by atoms with Crippen molar-refractivity contribution in [1.82, 2.24) is 15.0 Å². The van der Waals surface area contributed by atoms with Crippen LogP contribution in [0.25, 0.3) is 0 Å². The van der Waals surface area contributed by atoms with E-state index in [9.17, 15) is 0 Å². The SMILES string of the molecule is CN=C(C=C(C)C)Nc1nc(Nc2cc(C3CC3)c(Cl)c(C)n2)ncc1C. The fourth-order valence-corrected chi connectivity index (χ4v) is 2.98. The molecule has 3 rings (SSSR count). The van der Waals surface area contributed by atoms with Crippen molar-refractivity contribution in [2.24, 2.45) is 4.99 Å². The van der Waals surface area contributed by atoms with Crippen LogP contribution in [0.2, 0.25) is 5.02 Å². The number of aryl methyl sites for hydroxylation is 2. The lowest BCUT2D eigenvalue weighted by molar-refractivity contribution is 1.07. The molecular weight excluding hydrogens is 360 g/mol. The van der Waals surface area contributed by atoms with Crippen molar-refractivity contribution in [3.8, 4) is 0 Å². The molecule has 0 saturated heterocycles. The van der Waals surface area contributed by atoms with Crippen LogP contribution in [0.1, 0.15) is 49.4 Å². The summed E-state index contributed by atoms with van der Waals surface area (Å²) < 4.78 is 0. The number of anilines is 3. The first-order valence-corrected chi connectivity index (χ1v) is 9.41. The van der Waals surface area contributed by atoms with Crippen LogP contribution < -0.4 is 10.6 Å². The smallest absolute Gasteiger partial charge is 0.230 e. The molecule has 1 aliphatic carbocycles. The molecule has 1 fully saturated rings. The van der Waals surface area contributed by atoms with E-state index in [-0.39, 0.29) is 0 Å². The Hall–Kier alpha value is -2.47. The predicted octanol–water partition coefficient (Wildman–Crippen LogP) is 5.17. The summed E-state index contributed by atoms with van der Waals surface area (Å²) in [5.74, 6) is 3.19. The van der Waals surface area contributed by atoms with Gasteiger partial charge in [0.1, 0.15) is 17.5 Å². The molecule has 0 bridgehead atoms. The molecule has 0 aliphatic heterocycles. The van der Waals surface area contributed by atoms with Gasteiger partial charge in [-0.1, -0.05) is 17.2 Å². The van der Waals surface area contributed by atoms with E-state index in [2.05, 4.69) is 30.6 Å². The van der Waals surface area contributed by atoms with Gasteiger partial charge in [0.25, 0.3) is 0 Å². The lowest BCUT2D eigenvalue weighted by atomic mass is 10.1. The molecule has 0 radical (unpaired) electrons. The highest BCUT2D eigenvalue weighted by Gasteiger charge is 2.27. The molecule has 7 heteroatoms. The van der Waals surface area contributed by atoms with Gasteiger partial charge < -0.3 is 10.6 Å². The van der Waals surface area contributed by atoms with Gasteiger partial charge >= 0.3 is 0 Å². The van der Waals surface area contributed by atoms with Crippen molar-refractivity contribution in [2.45, 2.75) is 46.5 Å². The Balaban J connectivity index is 1.85. The molecule has 2 N–H and O–H groups in total. The van der Waals surface area contributed by atoms with Gasteiger partial charge in [-0.15, -0.1) is 0 Å². The quantitative estimate of drug-likeness (QED) is 0.549. The highest BCUT2D eigenvalue weighted by atomic mass is 35.5. The molecule has 27 heavy (non-hydrogen) atoms. The molecule has 0 unspecified atom stereocenters. The third kappa shape index (κ3) is 4.83. The zero-order chi connectivity index (χ0) is 19.6. The zero-order valence-corrected chi connectivity index (χ0v) is 17.1. The van der Waals surface area contributed by atoms with Crippen molar-refractivity contribution in [1.29, 1.82) is 0 Å². The van der Waals surface area contributed by atoms with E-state index in [4.69, 9.17) is 11.6 Å². The van der Waals surface area contributed by atoms with Crippen LogP contribution in [0.3, 0.4) is 0 Å². The van der Waals surface area contributed by atoms with Crippen LogP contribution in [0, 0.1) is 13.8 Å². The number of nitrogens with one attached hydrogen (secondary N) is 2. The number of hydrogen-bond donors (Lipinski definition) is 2. The summed E-state index contributed by atoms with van der Waals surface area (Å²) in [5.41, 5.74) is 4.06. The summed E-state index contributed by atoms with van der Waals surface area (Å²) in [6, 6.07) is 2.01. The molecule has 1 saturated carbocycles. The van der Waals surface area contributed by atoms with Crippen LogP contribution in [0.15, 0.2) is 28.9 Å². The summed E-state index contributed by atoms with van der Waals surface area (Å²) in [4.78, 5) is 17.8. The molecule has 0 aromatic carbocycles. The molecule has 2 heterocycles. The number of halogens is 1. The fourth-order valence-electron chi connectivity index (χ4n) is 2.73. The highest BCUT2D eigenvalue weighted by Crippen LogP contribution is 2.44. The van der Waals surface area contributed by atoms with Gasteiger partial charge in [0, 0.05) is 18.8 Å². The van der Waals surface area contributed by atoms with Crippen LogP contribution in [0.4, 0.5) is 17.6 Å². The molecule has 0 atom stereocenters. The van der Waals surface area contributed by atoms with Gasteiger partial charge in [-0.05, 0) is 64.2 Å². The summed E-state index contributed by atoms with van der Waals surface area (Å²) in [6.45, 7) is 7.93. The maximum atomic E-state index is 6.41. The third-order valence-corrected chi connectivity index (χ3v) is 4.78. The van der Waals surface area contributed by atoms with E-state index >= 15 is 0 Å². The molecule has 2 aromatic heterocycles. The maximum absolute atomic E-state index is 6.41. The highest BCUT2D eigenvalue weighted by molar-refractivity contribution is 6.32. The summed E-state index contributed by atoms with van der Waals surface area (Å²) in [7, 11) is 1.75. The van der Waals surface area contributed by atoms with Crippen molar-refractivity contribution in [2.75, 3.05) is 17.7 Å². The molecule has 142 valence electrons. The Labute approximate surface area is 165 Å². The number of aliphatic imine (C=N–C) groups is 1. The lowest BCUT2D eigenvalue weighted by Gasteiger charge is -2.13. The molecule has 0 amide bonds. The normalized spacial score (nSPS) is 14.1. The van der Waals surface area contributed by atoms with E-state index < -0.39 is 0 Å². The van der Waals surface area contributed by atoms with Crippen LogP contribution in [-0.2, 0) is 0 Å². The number of rotatable bonds is 5. The second-order valence-corrected chi connectivity index (χ2v) is 7.45.